The molecular formula is C20H22N2O6S. The summed E-state index contributed by atoms with van der Waals surface area (Å²) in [7, 11) is 0. The third-order valence-corrected chi connectivity index (χ3v) is 5.83. The maximum atomic E-state index is 12.9. The maximum Gasteiger partial charge on any atom is 0.333 e. The molecule has 0 radical (unpaired) electrons. The number of hydrogen-bond donors (Lipinski definition) is 1. The van der Waals surface area contributed by atoms with Crippen LogP contribution in [0.5, 0.6) is 0 Å². The van der Waals surface area contributed by atoms with Gasteiger partial charge in [0.2, 0.25) is 12.3 Å². The molecule has 3 rings (SSSR count). The molecule has 1 aromatic carbocycles. The van der Waals surface area contributed by atoms with Gasteiger partial charge in [-0.1, -0.05) is 37.3 Å². The van der Waals surface area contributed by atoms with E-state index in [2.05, 4.69) is 5.32 Å². The molecule has 1 aromatic rings. The predicted octanol–water partition coefficient (Wildman–Crippen LogP) is 1.36. The molecule has 154 valence electrons. The molecular weight excluding hydrogens is 396 g/mol. The highest BCUT2D eigenvalue weighted by atomic mass is 32.2. The summed E-state index contributed by atoms with van der Waals surface area (Å²) in [6.07, 6.45) is 1.40. The third kappa shape index (κ3) is 4.61. The Kier molecular flexibility index (Phi) is 6.92. The number of thioether (sulfide) groups is 1. The summed E-state index contributed by atoms with van der Waals surface area (Å²) in [5.41, 5.74) is 1.30. The van der Waals surface area contributed by atoms with E-state index in [1.54, 1.807) is 5.41 Å². The summed E-state index contributed by atoms with van der Waals surface area (Å²) in [6.45, 7) is 1.83. The minimum absolute atomic E-state index is 0.0644. The Morgan fingerprint density at radius 1 is 1.21 bits per heavy atom. The molecule has 1 saturated heterocycles. The second kappa shape index (κ2) is 9.60. The first-order valence-electron chi connectivity index (χ1n) is 9.29. The van der Waals surface area contributed by atoms with Gasteiger partial charge in [-0.05, 0) is 17.4 Å². The van der Waals surface area contributed by atoms with Crippen LogP contribution >= 0.6 is 11.8 Å². The number of rotatable bonds is 9. The zero-order valence-corrected chi connectivity index (χ0v) is 16.7. The lowest BCUT2D eigenvalue weighted by Gasteiger charge is -2.51. The predicted molar refractivity (Wildman–Crippen MR) is 105 cm³/mol. The van der Waals surface area contributed by atoms with Crippen molar-refractivity contribution in [3.05, 3.63) is 46.9 Å². The molecule has 3 atom stereocenters. The number of ether oxygens (including phenoxy) is 2. The van der Waals surface area contributed by atoms with Crippen LogP contribution in [-0.2, 0) is 35.3 Å². The molecule has 2 amide bonds. The van der Waals surface area contributed by atoms with Gasteiger partial charge in [-0.2, -0.15) is 0 Å². The molecule has 0 bridgehead atoms. The van der Waals surface area contributed by atoms with Crippen molar-refractivity contribution in [3.63, 3.8) is 0 Å². The monoisotopic (exact) mass is 418 g/mol. The number of esters is 2. The molecule has 8 nitrogen and oxygen atoms in total. The van der Waals surface area contributed by atoms with Crippen molar-refractivity contribution in [2.45, 2.75) is 43.8 Å². The van der Waals surface area contributed by atoms with Crippen molar-refractivity contribution in [1.29, 1.82) is 0 Å². The van der Waals surface area contributed by atoms with Gasteiger partial charge in [0, 0.05) is 12.0 Å². The lowest BCUT2D eigenvalue weighted by Crippen LogP contribution is -2.73. The summed E-state index contributed by atoms with van der Waals surface area (Å²) in [5, 5.41) is 3.77. The van der Waals surface area contributed by atoms with E-state index in [4.69, 9.17) is 9.47 Å². The zero-order chi connectivity index (χ0) is 20.8. The zero-order valence-electron chi connectivity index (χ0n) is 15.9. The first kappa shape index (κ1) is 20.9. The van der Waals surface area contributed by atoms with E-state index < -0.39 is 23.4 Å². The van der Waals surface area contributed by atoms with Crippen LogP contribution in [0, 0.1) is 0 Å². The number of amides is 2. The van der Waals surface area contributed by atoms with E-state index in [1.165, 1.54) is 16.7 Å². The quantitative estimate of drug-likeness (QED) is 0.367. The lowest BCUT2D eigenvalue weighted by molar-refractivity contribution is -0.164. The van der Waals surface area contributed by atoms with Crippen molar-refractivity contribution < 1.29 is 28.7 Å². The fourth-order valence-corrected chi connectivity index (χ4v) is 4.38. The van der Waals surface area contributed by atoms with E-state index in [1.807, 2.05) is 37.3 Å². The average Bonchev–Trinajstić information content (AvgIpc) is 2.74. The van der Waals surface area contributed by atoms with E-state index >= 15 is 0 Å². The molecule has 2 heterocycles. The minimum atomic E-state index is -0.989. The molecule has 9 heteroatoms. The van der Waals surface area contributed by atoms with Crippen molar-refractivity contribution >= 4 is 36.0 Å². The number of nitrogens with zero attached hydrogens (tertiary/aromatic N) is 1. The van der Waals surface area contributed by atoms with Crippen molar-refractivity contribution in [2.24, 2.45) is 0 Å². The largest absolute Gasteiger partial charge is 0.461 e. The molecule has 2 aliphatic rings. The highest BCUT2D eigenvalue weighted by Gasteiger charge is 2.55. The van der Waals surface area contributed by atoms with Gasteiger partial charge in [0.15, 0.2) is 6.04 Å². The number of β-lactam (4-membered cyclic amide) rings is 1. The van der Waals surface area contributed by atoms with Crippen LogP contribution in [0.4, 0.5) is 0 Å². The van der Waals surface area contributed by atoms with Crippen molar-refractivity contribution in [1.82, 2.24) is 10.2 Å². The second-order valence-corrected chi connectivity index (χ2v) is 7.62. The number of hydrogen-bond acceptors (Lipinski definition) is 7. The summed E-state index contributed by atoms with van der Waals surface area (Å²) in [4.78, 5) is 49.2. The maximum absolute atomic E-state index is 12.9. The van der Waals surface area contributed by atoms with E-state index in [0.29, 0.717) is 18.4 Å². The summed E-state index contributed by atoms with van der Waals surface area (Å²) >= 11 is 1.30. The van der Waals surface area contributed by atoms with Gasteiger partial charge in [0.1, 0.15) is 24.6 Å². The lowest BCUT2D eigenvalue weighted by atomic mass is 9.98. The van der Waals surface area contributed by atoms with Gasteiger partial charge in [0.05, 0.1) is 0 Å². The molecule has 2 unspecified atom stereocenters. The van der Waals surface area contributed by atoms with Crippen molar-refractivity contribution in [3.8, 4) is 0 Å². The van der Waals surface area contributed by atoms with Crippen LogP contribution in [0.2, 0.25) is 0 Å². The molecule has 0 spiro atoms. The number of carbonyl (C=O) groups is 4. The number of carbonyl (C=O) groups excluding carboxylic acids is 4. The molecule has 0 aliphatic carbocycles. The Labute approximate surface area is 172 Å². The molecule has 1 N–H and O–H groups in total. The fraction of sp³-hybridized carbons (Fsp3) is 0.400. The Balaban J connectivity index is 1.73. The number of nitrogens with one attached hydrogen (secondary N) is 1. The molecule has 0 saturated carbocycles. The van der Waals surface area contributed by atoms with E-state index in [9.17, 15) is 19.2 Å². The molecule has 1 fully saturated rings. The highest BCUT2D eigenvalue weighted by molar-refractivity contribution is 8.02. The third-order valence-electron chi connectivity index (χ3n) is 4.62. The van der Waals surface area contributed by atoms with Gasteiger partial charge in [0.25, 0.3) is 0 Å². The van der Waals surface area contributed by atoms with Gasteiger partial charge < -0.3 is 19.7 Å². The number of fused-ring (bicyclic) bond motifs is 1. The Bertz CT molecular complexity index is 812. The summed E-state index contributed by atoms with van der Waals surface area (Å²) in [5.74, 6) is -1.34. The fourth-order valence-electron chi connectivity index (χ4n) is 3.16. The van der Waals surface area contributed by atoms with Gasteiger partial charge in [-0.25, -0.2) is 4.79 Å². The Hall–Kier alpha value is -2.81. The highest BCUT2D eigenvalue weighted by Crippen LogP contribution is 2.40. The number of benzene rings is 1. The SMILES string of the molecule is CCCC(=O)OCC1=CS[C@@H]2C(NC=O)C(=O)N2C1C(=O)OCc1ccccc1. The summed E-state index contributed by atoms with van der Waals surface area (Å²) < 4.78 is 10.7. The van der Waals surface area contributed by atoms with E-state index in [-0.39, 0.29) is 31.5 Å². The average molecular weight is 418 g/mol. The first-order valence-corrected chi connectivity index (χ1v) is 10.2. The van der Waals surface area contributed by atoms with Crippen molar-refractivity contribution in [2.75, 3.05) is 6.61 Å². The van der Waals surface area contributed by atoms with Crippen LogP contribution in [0.15, 0.2) is 41.3 Å². The van der Waals surface area contributed by atoms with E-state index in [0.717, 1.165) is 5.56 Å². The minimum Gasteiger partial charge on any atom is -0.461 e. The normalized spacial score (nSPS) is 22.7. The first-order chi connectivity index (χ1) is 14.1. The van der Waals surface area contributed by atoms with Gasteiger partial charge in [-0.15, -0.1) is 11.8 Å². The van der Waals surface area contributed by atoms with Gasteiger partial charge in [-0.3, -0.25) is 14.4 Å². The topological polar surface area (TPSA) is 102 Å². The Morgan fingerprint density at radius 3 is 2.66 bits per heavy atom. The smallest absolute Gasteiger partial charge is 0.333 e. The standard InChI is InChI=1S/C20H22N2O6S/c1-2-6-15(24)27-10-14-11-29-19-16(21-12-23)18(25)22(19)17(14)20(26)28-9-13-7-4-3-5-8-13/h3-5,7-8,11-12,16-17,19H,2,6,9-10H2,1H3,(H,21,23)/t16?,17?,19-/m1/s1. The van der Waals surface area contributed by atoms with Crippen LogP contribution < -0.4 is 5.32 Å². The molecule has 0 aromatic heterocycles. The van der Waals surface area contributed by atoms with Gasteiger partial charge >= 0.3 is 11.9 Å². The van der Waals surface area contributed by atoms with Crippen LogP contribution in [0.1, 0.15) is 25.3 Å². The van der Waals surface area contributed by atoms with Crippen LogP contribution in [0.25, 0.3) is 0 Å². The molecule has 29 heavy (non-hydrogen) atoms. The molecule has 2 aliphatic heterocycles. The van der Waals surface area contributed by atoms with Crippen LogP contribution in [-0.4, -0.2) is 53.2 Å². The van der Waals surface area contributed by atoms with Crippen LogP contribution in [0.3, 0.4) is 0 Å². The second-order valence-electron chi connectivity index (χ2n) is 6.63. The summed E-state index contributed by atoms with van der Waals surface area (Å²) in [6, 6.07) is 7.51. The Morgan fingerprint density at radius 2 is 1.97 bits per heavy atom.